The van der Waals surface area contributed by atoms with Gasteiger partial charge in [0.2, 0.25) is 0 Å². The fraction of sp³-hybridized carbons (Fsp3) is 0.351. The number of benzene rings is 4. The standard InChI is InChI=1S/C37H44N2O/c1-6-28-15-13-14-20-33(28)37(4,32-22-21-31(23-26(32)2)39(5)30-18-11-8-12-19-30)34-25-35(27(3)24-36(34)40)38-29-16-9-7-10-17-29/h7,9-10,13-17,20-25,30,38,40H,6,8,11-12,18-19H2,1-5H3. The minimum atomic E-state index is -0.552. The zero-order chi connectivity index (χ0) is 28.3. The number of nitrogens with zero attached hydrogens (tertiary/aromatic N) is 1. The van der Waals surface area contributed by atoms with Crippen LogP contribution < -0.4 is 10.2 Å². The summed E-state index contributed by atoms with van der Waals surface area (Å²) in [5.41, 5.74) is 9.68. The first kappa shape index (κ1) is 27.8. The van der Waals surface area contributed by atoms with Gasteiger partial charge in [-0.05, 0) is 104 Å². The molecule has 0 aliphatic heterocycles. The van der Waals surface area contributed by atoms with Gasteiger partial charge >= 0.3 is 0 Å². The van der Waals surface area contributed by atoms with E-state index in [-0.39, 0.29) is 0 Å². The van der Waals surface area contributed by atoms with Gasteiger partial charge in [-0.1, -0.05) is 74.7 Å². The topological polar surface area (TPSA) is 35.5 Å². The maximum Gasteiger partial charge on any atom is 0.120 e. The Morgan fingerprint density at radius 3 is 2.20 bits per heavy atom. The smallest absolute Gasteiger partial charge is 0.120 e. The molecule has 0 heterocycles. The molecule has 5 rings (SSSR count). The van der Waals surface area contributed by atoms with Crippen LogP contribution in [0.2, 0.25) is 0 Å². The summed E-state index contributed by atoms with van der Waals surface area (Å²) in [5.74, 6) is 0.326. The molecule has 0 radical (unpaired) electrons. The number of para-hydroxylation sites is 1. The van der Waals surface area contributed by atoms with Crippen LogP contribution in [0.4, 0.5) is 17.1 Å². The molecule has 40 heavy (non-hydrogen) atoms. The highest BCUT2D eigenvalue weighted by molar-refractivity contribution is 5.70. The molecule has 0 saturated heterocycles. The summed E-state index contributed by atoms with van der Waals surface area (Å²) in [6, 6.07) is 30.6. The molecule has 208 valence electrons. The normalized spacial score (nSPS) is 15.4. The van der Waals surface area contributed by atoms with Gasteiger partial charge in [0.15, 0.2) is 0 Å². The maximum absolute atomic E-state index is 11.6. The average molecular weight is 533 g/mol. The molecule has 1 aliphatic rings. The minimum absolute atomic E-state index is 0.326. The average Bonchev–Trinajstić information content (AvgIpc) is 2.98. The molecule has 3 heteroatoms. The Morgan fingerprint density at radius 1 is 0.800 bits per heavy atom. The van der Waals surface area contributed by atoms with Crippen molar-refractivity contribution in [3.63, 3.8) is 0 Å². The highest BCUT2D eigenvalue weighted by Crippen LogP contribution is 2.47. The van der Waals surface area contributed by atoms with E-state index in [1.165, 1.54) is 60.0 Å². The fourth-order valence-corrected chi connectivity index (χ4v) is 6.76. The van der Waals surface area contributed by atoms with Crippen LogP contribution in [0.5, 0.6) is 5.75 Å². The highest BCUT2D eigenvalue weighted by atomic mass is 16.3. The largest absolute Gasteiger partial charge is 0.508 e. The summed E-state index contributed by atoms with van der Waals surface area (Å²) >= 11 is 0. The van der Waals surface area contributed by atoms with E-state index in [0.29, 0.717) is 11.8 Å². The third-order valence-electron chi connectivity index (χ3n) is 9.15. The van der Waals surface area contributed by atoms with Crippen LogP contribution in [0, 0.1) is 13.8 Å². The van der Waals surface area contributed by atoms with Gasteiger partial charge < -0.3 is 15.3 Å². The second-order valence-corrected chi connectivity index (χ2v) is 11.7. The highest BCUT2D eigenvalue weighted by Gasteiger charge is 2.37. The number of hydrogen-bond acceptors (Lipinski definition) is 3. The second kappa shape index (κ2) is 11.8. The van der Waals surface area contributed by atoms with Crippen LogP contribution in [0.3, 0.4) is 0 Å². The molecule has 4 aromatic rings. The molecule has 0 spiro atoms. The Hall–Kier alpha value is -3.72. The van der Waals surface area contributed by atoms with E-state index in [4.69, 9.17) is 0 Å². The predicted molar refractivity (Wildman–Crippen MR) is 170 cm³/mol. The molecular formula is C37H44N2O. The van der Waals surface area contributed by atoms with E-state index in [1.807, 2.05) is 31.2 Å². The minimum Gasteiger partial charge on any atom is -0.508 e. The number of anilines is 3. The van der Waals surface area contributed by atoms with Crippen molar-refractivity contribution in [3.05, 3.63) is 118 Å². The molecular weight excluding hydrogens is 488 g/mol. The molecule has 1 saturated carbocycles. The molecule has 0 aromatic heterocycles. The number of aryl methyl sites for hydroxylation is 3. The van der Waals surface area contributed by atoms with E-state index in [0.717, 1.165) is 28.9 Å². The molecule has 3 nitrogen and oxygen atoms in total. The first-order valence-corrected chi connectivity index (χ1v) is 14.9. The number of rotatable bonds is 8. The van der Waals surface area contributed by atoms with Crippen molar-refractivity contribution >= 4 is 17.1 Å². The summed E-state index contributed by atoms with van der Waals surface area (Å²) in [6.07, 6.45) is 7.47. The quantitative estimate of drug-likeness (QED) is 0.175. The molecule has 0 bridgehead atoms. The maximum atomic E-state index is 11.6. The lowest BCUT2D eigenvalue weighted by atomic mass is 9.67. The van der Waals surface area contributed by atoms with E-state index in [9.17, 15) is 5.11 Å². The van der Waals surface area contributed by atoms with Crippen molar-refractivity contribution in [1.29, 1.82) is 0 Å². The summed E-state index contributed by atoms with van der Waals surface area (Å²) < 4.78 is 0. The number of phenolic OH excluding ortho intramolecular Hbond substituents is 1. The lowest BCUT2D eigenvalue weighted by molar-refractivity contribution is 0.427. The number of nitrogens with one attached hydrogen (secondary N) is 1. The molecule has 4 aromatic carbocycles. The summed E-state index contributed by atoms with van der Waals surface area (Å²) in [5, 5.41) is 15.2. The Kier molecular flexibility index (Phi) is 8.21. The molecule has 2 N–H and O–H groups in total. The van der Waals surface area contributed by atoms with Crippen molar-refractivity contribution in [2.75, 3.05) is 17.3 Å². The van der Waals surface area contributed by atoms with Crippen LogP contribution in [0.1, 0.15) is 79.3 Å². The van der Waals surface area contributed by atoms with Crippen LogP contribution in [-0.2, 0) is 11.8 Å². The lowest BCUT2D eigenvalue weighted by Crippen LogP contribution is -2.33. The van der Waals surface area contributed by atoms with E-state index in [2.05, 4.69) is 98.7 Å². The fourth-order valence-electron chi connectivity index (χ4n) is 6.76. The number of phenols is 1. The Bertz CT molecular complexity index is 1450. The third-order valence-corrected chi connectivity index (χ3v) is 9.15. The Morgan fingerprint density at radius 2 is 1.50 bits per heavy atom. The Balaban J connectivity index is 1.66. The predicted octanol–water partition coefficient (Wildman–Crippen LogP) is 9.44. The number of aromatic hydroxyl groups is 1. The van der Waals surface area contributed by atoms with Crippen molar-refractivity contribution in [2.24, 2.45) is 0 Å². The lowest BCUT2D eigenvalue weighted by Gasteiger charge is -2.37. The van der Waals surface area contributed by atoms with Crippen molar-refractivity contribution < 1.29 is 5.11 Å². The van der Waals surface area contributed by atoms with Gasteiger partial charge in [0.25, 0.3) is 0 Å². The summed E-state index contributed by atoms with van der Waals surface area (Å²) in [7, 11) is 2.25. The van der Waals surface area contributed by atoms with E-state index < -0.39 is 5.41 Å². The zero-order valence-corrected chi connectivity index (χ0v) is 24.8. The first-order chi connectivity index (χ1) is 19.3. The first-order valence-electron chi connectivity index (χ1n) is 14.9. The SMILES string of the molecule is CCc1ccccc1C(C)(c1ccc(N(C)C2CCCCC2)cc1C)c1cc(Nc2ccccc2)c(C)cc1O. The summed E-state index contributed by atoms with van der Waals surface area (Å²) in [6.45, 7) is 8.78. The Labute approximate surface area is 240 Å². The van der Waals surface area contributed by atoms with Gasteiger partial charge in [0.1, 0.15) is 5.75 Å². The van der Waals surface area contributed by atoms with Crippen molar-refractivity contribution in [3.8, 4) is 5.75 Å². The van der Waals surface area contributed by atoms with E-state index >= 15 is 0 Å². The molecule has 0 amide bonds. The molecule has 1 atom stereocenters. The monoisotopic (exact) mass is 532 g/mol. The molecule has 1 fully saturated rings. The molecule has 1 aliphatic carbocycles. The third kappa shape index (κ3) is 5.35. The summed E-state index contributed by atoms with van der Waals surface area (Å²) in [4.78, 5) is 2.48. The van der Waals surface area contributed by atoms with Gasteiger partial charge in [-0.3, -0.25) is 0 Å². The zero-order valence-electron chi connectivity index (χ0n) is 24.8. The van der Waals surface area contributed by atoms with Crippen molar-refractivity contribution in [1.82, 2.24) is 0 Å². The van der Waals surface area contributed by atoms with Crippen LogP contribution >= 0.6 is 0 Å². The van der Waals surface area contributed by atoms with Crippen molar-refractivity contribution in [2.45, 2.75) is 77.7 Å². The van der Waals surface area contributed by atoms with Gasteiger partial charge in [0.05, 0.1) is 0 Å². The van der Waals surface area contributed by atoms with Crippen LogP contribution in [0.15, 0.2) is 84.9 Å². The van der Waals surface area contributed by atoms with E-state index in [1.54, 1.807) is 0 Å². The van der Waals surface area contributed by atoms with Gasteiger partial charge in [-0.2, -0.15) is 0 Å². The van der Waals surface area contributed by atoms with Gasteiger partial charge in [0, 0.05) is 41.1 Å². The van der Waals surface area contributed by atoms with Crippen LogP contribution in [0.25, 0.3) is 0 Å². The van der Waals surface area contributed by atoms with Gasteiger partial charge in [-0.25, -0.2) is 0 Å². The second-order valence-electron chi connectivity index (χ2n) is 11.7. The molecule has 1 unspecified atom stereocenters. The van der Waals surface area contributed by atoms with Crippen LogP contribution in [-0.4, -0.2) is 18.2 Å². The van der Waals surface area contributed by atoms with Gasteiger partial charge in [-0.15, -0.1) is 0 Å². The number of hydrogen-bond donors (Lipinski definition) is 2.